The van der Waals surface area contributed by atoms with Gasteiger partial charge in [0.05, 0.1) is 0 Å². The van der Waals surface area contributed by atoms with Crippen LogP contribution >= 0.6 is 0 Å². The molecule has 0 radical (unpaired) electrons. The number of hydrogen-bond donors (Lipinski definition) is 1. The normalized spacial score (nSPS) is 2.00. The SMILES string of the molecule is F.F.F.O=NO. The molecule has 0 unspecified atom stereocenters. The van der Waals surface area contributed by atoms with Gasteiger partial charge in [-0.1, -0.05) is 0 Å². The molecular weight excluding hydrogens is 103 g/mol. The van der Waals surface area contributed by atoms with Gasteiger partial charge in [0, 0.05) is 0 Å². The second-order valence-corrected chi connectivity index (χ2v) is 0.0816. The predicted molar refractivity (Wildman–Crippen MR) is 15.1 cm³/mol. The lowest BCUT2D eigenvalue weighted by Crippen LogP contribution is -1.25. The fourth-order valence-corrected chi connectivity index (χ4v) is 0. The lowest BCUT2D eigenvalue weighted by atomic mass is 13.4. The van der Waals surface area contributed by atoms with Gasteiger partial charge in [0.25, 0.3) is 0 Å². The van der Waals surface area contributed by atoms with Crippen molar-refractivity contribution in [3.8, 4) is 0 Å². The summed E-state index contributed by atoms with van der Waals surface area (Å²) in [6, 6.07) is 0. The molecule has 0 amide bonds. The number of hydrogen-bond acceptors (Lipinski definition) is 2. The van der Waals surface area contributed by atoms with Crippen molar-refractivity contribution < 1.29 is 19.3 Å². The molecule has 0 saturated carbocycles. The molecule has 1 N–H and O–H groups in total. The van der Waals surface area contributed by atoms with Crippen LogP contribution in [0.25, 0.3) is 0 Å². The van der Waals surface area contributed by atoms with Crippen LogP contribution < -0.4 is 0 Å². The molecule has 6 heavy (non-hydrogen) atoms. The molecule has 0 aliphatic heterocycles. The molecule has 0 heterocycles. The lowest BCUT2D eigenvalue weighted by molar-refractivity contribution is 0.312. The third-order valence-corrected chi connectivity index (χ3v) is 0. The second-order valence-electron chi connectivity index (χ2n) is 0.0816. The minimum absolute atomic E-state index is 0. The molecule has 0 aliphatic carbocycles. The topological polar surface area (TPSA) is 49.7 Å². The Balaban J connectivity index is -0.00000000667. The molecule has 3 nitrogen and oxygen atoms in total. The summed E-state index contributed by atoms with van der Waals surface area (Å²) in [4.78, 5) is 8.11. The van der Waals surface area contributed by atoms with Crippen LogP contribution in [0.1, 0.15) is 0 Å². The van der Waals surface area contributed by atoms with Crippen LogP contribution in [-0.4, -0.2) is 5.21 Å². The Morgan fingerprint density at radius 2 is 1.17 bits per heavy atom. The molecule has 0 aromatic rings. The monoisotopic (exact) mass is 107 g/mol. The zero-order chi connectivity index (χ0) is 2.71. The van der Waals surface area contributed by atoms with Crippen LogP contribution in [0.3, 0.4) is 0 Å². The molecule has 0 fully saturated rings. The van der Waals surface area contributed by atoms with E-state index in [4.69, 9.17) is 10.1 Å². The van der Waals surface area contributed by atoms with E-state index in [9.17, 15) is 0 Å². The molecule has 0 bridgehead atoms. The summed E-state index contributed by atoms with van der Waals surface area (Å²) in [5.41, 5.74) is 0. The maximum atomic E-state index is 8.11. The Morgan fingerprint density at radius 3 is 1.17 bits per heavy atom. The van der Waals surface area contributed by atoms with Crippen molar-refractivity contribution in [2.75, 3.05) is 0 Å². The quantitative estimate of drug-likeness (QED) is 0.364. The van der Waals surface area contributed by atoms with Crippen LogP contribution in [0.5, 0.6) is 0 Å². The van der Waals surface area contributed by atoms with Crippen LogP contribution in [0.2, 0.25) is 0 Å². The zero-order valence-electron chi connectivity index (χ0n) is 2.53. The highest BCUT2D eigenvalue weighted by Crippen LogP contribution is 1.25. The molecule has 0 aromatic carbocycles. The van der Waals surface area contributed by atoms with Gasteiger partial charge in [-0.25, -0.2) is 0 Å². The van der Waals surface area contributed by atoms with Crippen molar-refractivity contribution in [2.45, 2.75) is 0 Å². The first-order valence-electron chi connectivity index (χ1n) is 0.383. The minimum Gasteiger partial charge on any atom is -0.379 e. The molecule has 0 aromatic heterocycles. The van der Waals surface area contributed by atoms with E-state index >= 15 is 0 Å². The van der Waals surface area contributed by atoms with E-state index in [-0.39, 0.29) is 14.1 Å². The molecule has 42 valence electrons. The first kappa shape index (κ1) is 64.3. The summed E-state index contributed by atoms with van der Waals surface area (Å²) in [6.45, 7) is 0. The van der Waals surface area contributed by atoms with Crippen molar-refractivity contribution in [2.24, 2.45) is 5.34 Å². The van der Waals surface area contributed by atoms with Crippen LogP contribution in [0.4, 0.5) is 14.1 Å². The van der Waals surface area contributed by atoms with Gasteiger partial charge in [0.2, 0.25) is 0 Å². The van der Waals surface area contributed by atoms with E-state index in [1.165, 1.54) is 5.34 Å². The van der Waals surface area contributed by atoms with Crippen molar-refractivity contribution >= 4 is 0 Å². The summed E-state index contributed by atoms with van der Waals surface area (Å²) in [5.74, 6) is 0. The molecule has 0 aliphatic rings. The van der Waals surface area contributed by atoms with Crippen molar-refractivity contribution in [1.82, 2.24) is 0 Å². The predicted octanol–water partition coefficient (Wildman–Crippen LogP) is 0.600. The Labute approximate surface area is 31.0 Å². The van der Waals surface area contributed by atoms with Gasteiger partial charge < -0.3 is 5.21 Å². The van der Waals surface area contributed by atoms with E-state index in [0.29, 0.717) is 0 Å². The van der Waals surface area contributed by atoms with Crippen LogP contribution in [0.15, 0.2) is 5.34 Å². The average Bonchev–Trinajstić information content (AvgIpc) is 0.918. The third kappa shape index (κ3) is 23.3. The number of rotatable bonds is 0. The summed E-state index contributed by atoms with van der Waals surface area (Å²) in [5, 5.41) is 7.89. The van der Waals surface area contributed by atoms with Gasteiger partial charge in [-0.3, -0.25) is 14.1 Å². The highest BCUT2D eigenvalue weighted by molar-refractivity contribution is 3.83. The van der Waals surface area contributed by atoms with Gasteiger partial charge in [-0.2, -0.15) is 0 Å². The summed E-state index contributed by atoms with van der Waals surface area (Å²) in [7, 11) is 0. The van der Waals surface area contributed by atoms with E-state index in [1.54, 1.807) is 0 Å². The average molecular weight is 107 g/mol. The van der Waals surface area contributed by atoms with Gasteiger partial charge in [0.15, 0.2) is 5.34 Å². The molecule has 0 saturated heterocycles. The fraction of sp³-hybridized carbons (Fsp3) is 0. The van der Waals surface area contributed by atoms with E-state index in [1.807, 2.05) is 0 Å². The highest BCUT2D eigenvalue weighted by Gasteiger charge is 1.18. The first-order chi connectivity index (χ1) is 1.41. The first-order valence-corrected chi connectivity index (χ1v) is 0.383. The minimum atomic E-state index is 0. The van der Waals surface area contributed by atoms with E-state index < -0.39 is 0 Å². The molecule has 6 heteroatoms. The zero-order valence-corrected chi connectivity index (χ0v) is 2.53. The summed E-state index contributed by atoms with van der Waals surface area (Å²) < 4.78 is 0. The lowest BCUT2D eigenvalue weighted by Gasteiger charge is -1.32. The Bertz CT molecular complexity index is 16.3. The van der Waals surface area contributed by atoms with Crippen molar-refractivity contribution in [3.63, 3.8) is 0 Å². The number of nitrogens with zero attached hydrogens (tertiary/aromatic N) is 1. The third-order valence-electron chi connectivity index (χ3n) is 0. The van der Waals surface area contributed by atoms with Crippen molar-refractivity contribution in [3.05, 3.63) is 4.91 Å². The Morgan fingerprint density at radius 1 is 1.17 bits per heavy atom. The van der Waals surface area contributed by atoms with E-state index in [0.717, 1.165) is 0 Å². The summed E-state index contributed by atoms with van der Waals surface area (Å²) >= 11 is 0. The molecule has 0 atom stereocenters. The standard InChI is InChI=1S/3FH.HNO2/c;;;2-1-3/h3*1H;(H,2,3). The highest BCUT2D eigenvalue weighted by atomic mass is 19.0. The van der Waals surface area contributed by atoms with Crippen molar-refractivity contribution in [1.29, 1.82) is 0 Å². The maximum absolute atomic E-state index is 8.11. The molecule has 0 rings (SSSR count). The second kappa shape index (κ2) is 1180. The molecule has 0 spiro atoms. The van der Waals surface area contributed by atoms with Gasteiger partial charge >= 0.3 is 0 Å². The Hall–Kier alpha value is -0.810. The maximum Gasteiger partial charge on any atom is 0.152 e. The fourth-order valence-electron chi connectivity index (χ4n) is 0. The van der Waals surface area contributed by atoms with Gasteiger partial charge in [-0.05, 0) is 0 Å². The van der Waals surface area contributed by atoms with E-state index in [2.05, 4.69) is 0 Å². The number of halogens is 3. The smallest absolute Gasteiger partial charge is 0.152 e. The summed E-state index contributed by atoms with van der Waals surface area (Å²) in [6.07, 6.45) is 0. The van der Waals surface area contributed by atoms with Crippen LogP contribution in [0, 0.1) is 4.91 Å². The van der Waals surface area contributed by atoms with Gasteiger partial charge in [0.1, 0.15) is 0 Å². The Kier molecular flexibility index (Phi) is 12700. The molecular formula is H4F3NO2. The largest absolute Gasteiger partial charge is 0.379 e. The van der Waals surface area contributed by atoms with Crippen LogP contribution in [-0.2, 0) is 0 Å². The van der Waals surface area contributed by atoms with Gasteiger partial charge in [-0.15, -0.1) is 4.91 Å².